The van der Waals surface area contributed by atoms with Gasteiger partial charge in [0.1, 0.15) is 18.1 Å². The molecular formula is C14H19NO4. The number of pyridine rings is 1. The Labute approximate surface area is 112 Å². The lowest BCUT2D eigenvalue weighted by molar-refractivity contribution is -0.131. The fraction of sp³-hybridized carbons (Fsp3) is 0.429. The van der Waals surface area contributed by atoms with Crippen molar-refractivity contribution in [2.75, 3.05) is 19.8 Å². The Bertz CT molecular complexity index is 443. The van der Waals surface area contributed by atoms with Crippen LogP contribution in [-0.4, -0.2) is 35.9 Å². The van der Waals surface area contributed by atoms with Gasteiger partial charge in [-0.05, 0) is 31.6 Å². The molecule has 0 fully saturated rings. The molecule has 0 saturated carbocycles. The van der Waals surface area contributed by atoms with Gasteiger partial charge in [-0.15, -0.1) is 0 Å². The topological polar surface area (TPSA) is 68.7 Å². The first kappa shape index (κ1) is 15.2. The lowest BCUT2D eigenvalue weighted by atomic mass is 10.2. The molecule has 5 nitrogen and oxygen atoms in total. The maximum atomic E-state index is 10.5. The van der Waals surface area contributed by atoms with Gasteiger partial charge in [0.05, 0.1) is 6.61 Å². The molecule has 0 saturated heterocycles. The Morgan fingerprint density at radius 1 is 1.37 bits per heavy atom. The van der Waals surface area contributed by atoms with Gasteiger partial charge in [0.2, 0.25) is 0 Å². The molecule has 1 heterocycles. The Hall–Kier alpha value is -1.88. The molecule has 0 radical (unpaired) electrons. The smallest absolute Gasteiger partial charge is 0.328 e. The molecule has 104 valence electrons. The Morgan fingerprint density at radius 2 is 2.16 bits per heavy atom. The number of carboxylic acid groups (broad SMARTS) is 1. The van der Waals surface area contributed by atoms with E-state index in [0.717, 1.165) is 18.2 Å². The molecule has 0 unspecified atom stereocenters. The van der Waals surface area contributed by atoms with Crippen LogP contribution < -0.4 is 4.74 Å². The summed E-state index contributed by atoms with van der Waals surface area (Å²) in [5, 5.41) is 8.63. The van der Waals surface area contributed by atoms with Crippen LogP contribution in [0.2, 0.25) is 0 Å². The normalized spacial score (nSPS) is 10.8. The predicted octanol–water partition coefficient (Wildman–Crippen LogP) is 2.29. The van der Waals surface area contributed by atoms with E-state index in [9.17, 15) is 4.79 Å². The second-order valence-corrected chi connectivity index (χ2v) is 3.97. The van der Waals surface area contributed by atoms with E-state index in [4.69, 9.17) is 14.6 Å². The zero-order valence-corrected chi connectivity index (χ0v) is 11.3. The summed E-state index contributed by atoms with van der Waals surface area (Å²) in [4.78, 5) is 14.8. The summed E-state index contributed by atoms with van der Waals surface area (Å²) in [6, 6.07) is 3.60. The van der Waals surface area contributed by atoms with E-state index >= 15 is 0 Å². The maximum absolute atomic E-state index is 10.5. The zero-order valence-electron chi connectivity index (χ0n) is 11.3. The van der Waals surface area contributed by atoms with Crippen molar-refractivity contribution >= 4 is 12.0 Å². The van der Waals surface area contributed by atoms with Crippen LogP contribution in [0.25, 0.3) is 6.08 Å². The van der Waals surface area contributed by atoms with Crippen molar-refractivity contribution in [1.29, 1.82) is 0 Å². The van der Waals surface area contributed by atoms with Crippen molar-refractivity contribution in [3.8, 4) is 5.75 Å². The molecule has 0 bridgehead atoms. The van der Waals surface area contributed by atoms with E-state index < -0.39 is 5.97 Å². The highest BCUT2D eigenvalue weighted by atomic mass is 16.5. The first-order chi connectivity index (χ1) is 9.13. The number of carbonyl (C=O) groups is 1. The minimum absolute atomic E-state index is 0.415. The average molecular weight is 265 g/mol. The molecule has 0 atom stereocenters. The number of ether oxygens (including phenoxy) is 2. The highest BCUT2D eigenvalue weighted by Gasteiger charge is 2.03. The predicted molar refractivity (Wildman–Crippen MR) is 72.2 cm³/mol. The van der Waals surface area contributed by atoms with Crippen molar-refractivity contribution in [3.05, 3.63) is 29.6 Å². The molecule has 19 heavy (non-hydrogen) atoms. The summed E-state index contributed by atoms with van der Waals surface area (Å²) in [6.07, 6.45) is 3.44. The number of aryl methyl sites for hydroxylation is 1. The average Bonchev–Trinajstić information content (AvgIpc) is 2.38. The number of aliphatic carboxylic acids is 1. The van der Waals surface area contributed by atoms with Crippen molar-refractivity contribution in [2.45, 2.75) is 20.3 Å². The van der Waals surface area contributed by atoms with Gasteiger partial charge in [0, 0.05) is 18.4 Å². The molecule has 5 heteroatoms. The number of hydrogen-bond donors (Lipinski definition) is 1. The van der Waals surface area contributed by atoms with Gasteiger partial charge < -0.3 is 14.6 Å². The molecule has 0 aliphatic rings. The summed E-state index contributed by atoms with van der Waals surface area (Å²) in [7, 11) is 0. The number of carboxylic acids is 1. The highest BCUT2D eigenvalue weighted by Crippen LogP contribution is 2.18. The van der Waals surface area contributed by atoms with Crippen LogP contribution >= 0.6 is 0 Å². The van der Waals surface area contributed by atoms with Crippen molar-refractivity contribution < 1.29 is 19.4 Å². The molecule has 1 aromatic rings. The molecule has 1 aromatic heterocycles. The van der Waals surface area contributed by atoms with E-state index in [2.05, 4.69) is 4.98 Å². The van der Waals surface area contributed by atoms with Gasteiger partial charge >= 0.3 is 5.97 Å². The molecule has 0 aliphatic heterocycles. The van der Waals surface area contributed by atoms with Gasteiger partial charge in [0.15, 0.2) is 0 Å². The quantitative estimate of drug-likeness (QED) is 0.577. The Morgan fingerprint density at radius 3 is 2.84 bits per heavy atom. The maximum Gasteiger partial charge on any atom is 0.328 e. The second-order valence-electron chi connectivity index (χ2n) is 3.97. The third-order valence-electron chi connectivity index (χ3n) is 2.24. The standard InChI is InChI=1S/C14H19NO4/c1-3-8-18-9-10-19-13-6-4-11(2)15-12(13)5-7-14(16)17/h4-7H,3,8-10H2,1-2H3,(H,16,17)/b7-5+. The number of aromatic nitrogens is 1. The summed E-state index contributed by atoms with van der Waals surface area (Å²) in [6.45, 7) is 5.51. The monoisotopic (exact) mass is 265 g/mol. The third-order valence-corrected chi connectivity index (χ3v) is 2.24. The van der Waals surface area contributed by atoms with E-state index in [1.165, 1.54) is 6.08 Å². The van der Waals surface area contributed by atoms with Crippen molar-refractivity contribution in [3.63, 3.8) is 0 Å². The summed E-state index contributed by atoms with van der Waals surface area (Å²) in [5.74, 6) is -0.455. The molecular weight excluding hydrogens is 246 g/mol. The summed E-state index contributed by atoms with van der Waals surface area (Å²) >= 11 is 0. The highest BCUT2D eigenvalue weighted by molar-refractivity contribution is 5.85. The van der Waals surface area contributed by atoms with Crippen molar-refractivity contribution in [1.82, 2.24) is 4.98 Å². The first-order valence-electron chi connectivity index (χ1n) is 6.22. The summed E-state index contributed by atoms with van der Waals surface area (Å²) < 4.78 is 10.8. The van der Waals surface area contributed by atoms with Gasteiger partial charge in [-0.3, -0.25) is 0 Å². The van der Waals surface area contributed by atoms with Gasteiger partial charge in [-0.2, -0.15) is 0 Å². The Kier molecular flexibility index (Phi) is 6.60. The zero-order chi connectivity index (χ0) is 14.1. The lowest BCUT2D eigenvalue weighted by Crippen LogP contribution is -2.08. The first-order valence-corrected chi connectivity index (χ1v) is 6.22. The van der Waals surface area contributed by atoms with Crippen LogP contribution in [0, 0.1) is 6.92 Å². The van der Waals surface area contributed by atoms with E-state index in [0.29, 0.717) is 31.3 Å². The van der Waals surface area contributed by atoms with E-state index in [1.807, 2.05) is 19.9 Å². The van der Waals surface area contributed by atoms with Crippen LogP contribution in [0.3, 0.4) is 0 Å². The van der Waals surface area contributed by atoms with E-state index in [-0.39, 0.29) is 0 Å². The minimum Gasteiger partial charge on any atom is -0.489 e. The van der Waals surface area contributed by atoms with Gasteiger partial charge in [-0.1, -0.05) is 6.92 Å². The van der Waals surface area contributed by atoms with Crippen LogP contribution in [0.5, 0.6) is 5.75 Å². The number of hydrogen-bond acceptors (Lipinski definition) is 4. The molecule has 0 amide bonds. The molecule has 0 aliphatic carbocycles. The molecule has 0 aromatic carbocycles. The van der Waals surface area contributed by atoms with Crippen LogP contribution in [0.4, 0.5) is 0 Å². The molecule has 1 rings (SSSR count). The van der Waals surface area contributed by atoms with Crippen LogP contribution in [-0.2, 0) is 9.53 Å². The number of nitrogens with zero attached hydrogens (tertiary/aromatic N) is 1. The van der Waals surface area contributed by atoms with Crippen LogP contribution in [0.15, 0.2) is 18.2 Å². The SMILES string of the molecule is CCCOCCOc1ccc(C)nc1/C=C/C(=O)O. The Balaban J connectivity index is 2.63. The minimum atomic E-state index is -1.01. The summed E-state index contributed by atoms with van der Waals surface area (Å²) in [5.41, 5.74) is 1.32. The fourth-order valence-electron chi connectivity index (χ4n) is 1.41. The molecule has 0 spiro atoms. The second kappa shape index (κ2) is 8.26. The molecule has 1 N–H and O–H groups in total. The largest absolute Gasteiger partial charge is 0.489 e. The van der Waals surface area contributed by atoms with Gasteiger partial charge in [0.25, 0.3) is 0 Å². The van der Waals surface area contributed by atoms with Crippen molar-refractivity contribution in [2.24, 2.45) is 0 Å². The fourth-order valence-corrected chi connectivity index (χ4v) is 1.41. The van der Waals surface area contributed by atoms with Gasteiger partial charge in [-0.25, -0.2) is 9.78 Å². The lowest BCUT2D eigenvalue weighted by Gasteiger charge is -2.09. The van der Waals surface area contributed by atoms with Crippen LogP contribution in [0.1, 0.15) is 24.7 Å². The number of rotatable bonds is 8. The van der Waals surface area contributed by atoms with E-state index in [1.54, 1.807) is 6.07 Å². The third kappa shape index (κ3) is 6.01.